The standard InChI is InChI=1S/C15H18N4O3/c1-10-4-6-12(7-5-10)19-11(2)14(16-17-19)15(22)18(3)9-8-13(20)21/h4-7H,8-9H2,1-3H3,(H,20,21). The molecule has 0 aliphatic carbocycles. The predicted octanol–water partition coefficient (Wildman–Crippen LogP) is 1.43. The molecule has 7 heteroatoms. The molecule has 0 aliphatic heterocycles. The molecule has 0 saturated carbocycles. The maximum atomic E-state index is 12.3. The zero-order valence-corrected chi connectivity index (χ0v) is 12.8. The third-order valence-corrected chi connectivity index (χ3v) is 3.38. The zero-order chi connectivity index (χ0) is 16.3. The Morgan fingerprint density at radius 1 is 1.23 bits per heavy atom. The predicted molar refractivity (Wildman–Crippen MR) is 80.0 cm³/mol. The third-order valence-electron chi connectivity index (χ3n) is 3.38. The number of rotatable bonds is 5. The van der Waals surface area contributed by atoms with Gasteiger partial charge >= 0.3 is 5.97 Å². The van der Waals surface area contributed by atoms with Gasteiger partial charge < -0.3 is 10.0 Å². The van der Waals surface area contributed by atoms with Crippen molar-refractivity contribution in [2.45, 2.75) is 20.3 Å². The second-order valence-corrected chi connectivity index (χ2v) is 5.14. The van der Waals surface area contributed by atoms with Gasteiger partial charge in [0, 0.05) is 13.6 Å². The number of carboxylic acids is 1. The largest absolute Gasteiger partial charge is 0.481 e. The van der Waals surface area contributed by atoms with E-state index in [2.05, 4.69) is 10.3 Å². The molecule has 0 bridgehead atoms. The Morgan fingerprint density at radius 3 is 2.45 bits per heavy atom. The van der Waals surface area contributed by atoms with E-state index in [0.29, 0.717) is 5.69 Å². The van der Waals surface area contributed by atoms with Crippen LogP contribution in [0.1, 0.15) is 28.2 Å². The van der Waals surface area contributed by atoms with Crippen LogP contribution < -0.4 is 0 Å². The lowest BCUT2D eigenvalue weighted by Gasteiger charge is -2.14. The lowest BCUT2D eigenvalue weighted by atomic mass is 10.2. The average Bonchev–Trinajstić information content (AvgIpc) is 2.86. The second kappa shape index (κ2) is 6.38. The van der Waals surface area contributed by atoms with Crippen LogP contribution in [0.25, 0.3) is 5.69 Å². The summed E-state index contributed by atoms with van der Waals surface area (Å²) in [6.45, 7) is 3.88. The molecule has 7 nitrogen and oxygen atoms in total. The molecule has 0 spiro atoms. The van der Waals surface area contributed by atoms with Crippen molar-refractivity contribution in [3.63, 3.8) is 0 Å². The summed E-state index contributed by atoms with van der Waals surface area (Å²) in [6.07, 6.45) is -0.104. The third kappa shape index (κ3) is 3.30. The SMILES string of the molecule is Cc1ccc(-n2nnc(C(=O)N(C)CCC(=O)O)c2C)cc1. The highest BCUT2D eigenvalue weighted by Crippen LogP contribution is 2.14. The van der Waals surface area contributed by atoms with E-state index in [4.69, 9.17) is 5.11 Å². The van der Waals surface area contributed by atoms with Gasteiger partial charge in [-0.1, -0.05) is 22.9 Å². The molecule has 1 N–H and O–H groups in total. The Balaban J connectivity index is 2.21. The molecule has 22 heavy (non-hydrogen) atoms. The van der Waals surface area contributed by atoms with Crippen LogP contribution in [0.3, 0.4) is 0 Å². The normalized spacial score (nSPS) is 10.5. The van der Waals surface area contributed by atoms with Crippen LogP contribution in [0.5, 0.6) is 0 Å². The summed E-state index contributed by atoms with van der Waals surface area (Å²) in [4.78, 5) is 24.2. The van der Waals surface area contributed by atoms with E-state index >= 15 is 0 Å². The van der Waals surface area contributed by atoms with Crippen LogP contribution in [0.2, 0.25) is 0 Å². The molecule has 2 rings (SSSR count). The Morgan fingerprint density at radius 2 is 1.86 bits per heavy atom. The number of amides is 1. The van der Waals surface area contributed by atoms with Gasteiger partial charge in [0.05, 0.1) is 17.8 Å². The van der Waals surface area contributed by atoms with Crippen molar-refractivity contribution in [1.29, 1.82) is 0 Å². The van der Waals surface area contributed by atoms with E-state index in [1.807, 2.05) is 31.2 Å². The number of hydrogen-bond donors (Lipinski definition) is 1. The van der Waals surface area contributed by atoms with Crippen LogP contribution >= 0.6 is 0 Å². The fourth-order valence-corrected chi connectivity index (χ4v) is 2.00. The lowest BCUT2D eigenvalue weighted by Crippen LogP contribution is -2.29. The molecule has 0 radical (unpaired) electrons. The van der Waals surface area contributed by atoms with Crippen LogP contribution in [0.4, 0.5) is 0 Å². The first kappa shape index (κ1) is 15.7. The molecular formula is C15H18N4O3. The van der Waals surface area contributed by atoms with Gasteiger partial charge in [0.2, 0.25) is 0 Å². The van der Waals surface area contributed by atoms with Gasteiger partial charge in [0.15, 0.2) is 5.69 Å². The molecule has 0 atom stereocenters. The van der Waals surface area contributed by atoms with E-state index in [1.54, 1.807) is 18.7 Å². The lowest BCUT2D eigenvalue weighted by molar-refractivity contribution is -0.137. The monoisotopic (exact) mass is 302 g/mol. The minimum Gasteiger partial charge on any atom is -0.481 e. The minimum absolute atomic E-state index is 0.104. The number of hydrogen-bond acceptors (Lipinski definition) is 4. The van der Waals surface area contributed by atoms with Crippen molar-refractivity contribution in [2.24, 2.45) is 0 Å². The van der Waals surface area contributed by atoms with Gasteiger partial charge in [0.1, 0.15) is 0 Å². The highest BCUT2D eigenvalue weighted by molar-refractivity contribution is 5.93. The molecule has 1 aromatic carbocycles. The number of nitrogens with zero attached hydrogens (tertiary/aromatic N) is 4. The summed E-state index contributed by atoms with van der Waals surface area (Å²) in [5.41, 5.74) is 2.80. The number of aliphatic carboxylic acids is 1. The number of carbonyl (C=O) groups excluding carboxylic acids is 1. The van der Waals surface area contributed by atoms with E-state index in [1.165, 1.54) is 4.90 Å². The topological polar surface area (TPSA) is 88.3 Å². The molecule has 116 valence electrons. The number of carbonyl (C=O) groups is 2. The van der Waals surface area contributed by atoms with Gasteiger partial charge in [-0.3, -0.25) is 9.59 Å². The van der Waals surface area contributed by atoms with Crippen molar-refractivity contribution in [2.75, 3.05) is 13.6 Å². The van der Waals surface area contributed by atoms with Gasteiger partial charge in [-0.05, 0) is 26.0 Å². The van der Waals surface area contributed by atoms with Crippen LogP contribution in [-0.4, -0.2) is 50.5 Å². The first-order valence-electron chi connectivity index (χ1n) is 6.86. The number of aryl methyl sites for hydroxylation is 1. The number of carboxylic acid groups (broad SMARTS) is 1. The van der Waals surface area contributed by atoms with Crippen molar-refractivity contribution in [3.8, 4) is 5.69 Å². The van der Waals surface area contributed by atoms with Crippen LogP contribution in [0, 0.1) is 13.8 Å². The van der Waals surface area contributed by atoms with Gasteiger partial charge in [-0.2, -0.15) is 0 Å². The van der Waals surface area contributed by atoms with Gasteiger partial charge in [-0.25, -0.2) is 4.68 Å². The summed E-state index contributed by atoms with van der Waals surface area (Å²) in [5, 5.41) is 16.6. The summed E-state index contributed by atoms with van der Waals surface area (Å²) in [5.74, 6) is -1.28. The molecule has 1 amide bonds. The summed E-state index contributed by atoms with van der Waals surface area (Å²) < 4.78 is 1.59. The fourth-order valence-electron chi connectivity index (χ4n) is 2.00. The zero-order valence-electron chi connectivity index (χ0n) is 12.8. The van der Waals surface area contributed by atoms with Crippen LogP contribution in [0.15, 0.2) is 24.3 Å². The van der Waals surface area contributed by atoms with E-state index in [-0.39, 0.29) is 24.6 Å². The molecule has 1 aromatic heterocycles. The van der Waals surface area contributed by atoms with Crippen molar-refractivity contribution in [3.05, 3.63) is 41.2 Å². The molecule has 2 aromatic rings. The van der Waals surface area contributed by atoms with Gasteiger partial charge in [0.25, 0.3) is 5.91 Å². The van der Waals surface area contributed by atoms with E-state index < -0.39 is 5.97 Å². The molecule has 0 unspecified atom stereocenters. The molecule has 0 aliphatic rings. The highest BCUT2D eigenvalue weighted by Gasteiger charge is 2.21. The molecule has 0 saturated heterocycles. The van der Waals surface area contributed by atoms with E-state index in [9.17, 15) is 9.59 Å². The highest BCUT2D eigenvalue weighted by atomic mass is 16.4. The summed E-state index contributed by atoms with van der Waals surface area (Å²) in [7, 11) is 1.55. The minimum atomic E-state index is -0.945. The Hall–Kier alpha value is -2.70. The van der Waals surface area contributed by atoms with Crippen molar-refractivity contribution in [1.82, 2.24) is 19.9 Å². The maximum absolute atomic E-state index is 12.3. The molecule has 1 heterocycles. The Bertz CT molecular complexity index is 691. The Labute approximate surface area is 128 Å². The molecule has 0 fully saturated rings. The molecular weight excluding hydrogens is 284 g/mol. The maximum Gasteiger partial charge on any atom is 0.305 e. The first-order valence-corrected chi connectivity index (χ1v) is 6.86. The Kier molecular flexibility index (Phi) is 4.55. The summed E-state index contributed by atoms with van der Waals surface area (Å²) >= 11 is 0. The fraction of sp³-hybridized carbons (Fsp3) is 0.333. The van der Waals surface area contributed by atoms with Crippen LogP contribution in [-0.2, 0) is 4.79 Å². The number of benzene rings is 1. The van der Waals surface area contributed by atoms with Gasteiger partial charge in [-0.15, -0.1) is 5.10 Å². The quantitative estimate of drug-likeness (QED) is 0.902. The average molecular weight is 302 g/mol. The number of aromatic nitrogens is 3. The van der Waals surface area contributed by atoms with E-state index in [0.717, 1.165) is 11.3 Å². The van der Waals surface area contributed by atoms with Crippen molar-refractivity contribution >= 4 is 11.9 Å². The first-order chi connectivity index (χ1) is 10.4. The van der Waals surface area contributed by atoms with Crippen molar-refractivity contribution < 1.29 is 14.7 Å². The summed E-state index contributed by atoms with van der Waals surface area (Å²) in [6, 6.07) is 7.71. The smallest absolute Gasteiger partial charge is 0.305 e. The second-order valence-electron chi connectivity index (χ2n) is 5.14.